The quantitative estimate of drug-likeness (QED) is 0.600. The molecule has 0 aromatic heterocycles. The fourth-order valence-electron chi connectivity index (χ4n) is 1.09. The second-order valence-electron chi connectivity index (χ2n) is 2.63. The van der Waals surface area contributed by atoms with Crippen LogP contribution >= 0.6 is 0 Å². The molecule has 0 aromatic carbocycles. The number of hydrogen-bond donors (Lipinski definition) is 2. The Kier molecular flexibility index (Phi) is 3.32. The van der Waals surface area contributed by atoms with Gasteiger partial charge in [-0.1, -0.05) is 0 Å². The summed E-state index contributed by atoms with van der Waals surface area (Å²) < 4.78 is 5.30. The van der Waals surface area contributed by atoms with Gasteiger partial charge in [0.15, 0.2) is 0 Å². The van der Waals surface area contributed by atoms with Crippen LogP contribution in [-0.4, -0.2) is 36.9 Å². The Morgan fingerprint density at radius 1 is 1.73 bits per heavy atom. The molecule has 0 saturated carbocycles. The van der Waals surface area contributed by atoms with Gasteiger partial charge in [0.05, 0.1) is 12.7 Å². The third-order valence-corrected chi connectivity index (χ3v) is 1.68. The van der Waals surface area contributed by atoms with Crippen LogP contribution < -0.4 is 5.32 Å². The van der Waals surface area contributed by atoms with Crippen molar-refractivity contribution in [3.05, 3.63) is 0 Å². The third kappa shape index (κ3) is 3.34. The first-order chi connectivity index (χ1) is 5.29. The summed E-state index contributed by atoms with van der Waals surface area (Å²) in [5.41, 5.74) is 0. The van der Waals surface area contributed by atoms with E-state index in [1.807, 2.05) is 0 Å². The van der Waals surface area contributed by atoms with E-state index in [4.69, 9.17) is 9.84 Å². The molecule has 1 atom stereocenters. The molecule has 0 aliphatic carbocycles. The van der Waals surface area contributed by atoms with Gasteiger partial charge in [-0.25, -0.2) is 0 Å². The maximum absolute atomic E-state index is 10.2. The van der Waals surface area contributed by atoms with Crippen molar-refractivity contribution in [2.24, 2.45) is 0 Å². The van der Waals surface area contributed by atoms with Crippen molar-refractivity contribution in [1.29, 1.82) is 0 Å². The topological polar surface area (TPSA) is 58.6 Å². The fraction of sp³-hybridized carbons (Fsp3) is 0.857. The van der Waals surface area contributed by atoms with Crippen LogP contribution in [0.1, 0.15) is 12.8 Å². The standard InChI is InChI=1S/C7H13NO3/c9-7(10)2-1-6-5-8-3-4-11-6/h6,8H,1-5H2,(H,9,10)/t6-/m1/s1. The Hall–Kier alpha value is -0.610. The van der Waals surface area contributed by atoms with Crippen molar-refractivity contribution in [1.82, 2.24) is 5.32 Å². The Morgan fingerprint density at radius 2 is 2.55 bits per heavy atom. The first-order valence-corrected chi connectivity index (χ1v) is 3.83. The molecule has 1 heterocycles. The summed E-state index contributed by atoms with van der Waals surface area (Å²) in [6.07, 6.45) is 0.911. The SMILES string of the molecule is O=C(O)CC[C@@H]1CNCCO1. The number of carboxylic acid groups (broad SMARTS) is 1. The van der Waals surface area contributed by atoms with Crippen LogP contribution in [0.2, 0.25) is 0 Å². The molecule has 1 rings (SSSR count). The highest BCUT2D eigenvalue weighted by Gasteiger charge is 2.13. The summed E-state index contributed by atoms with van der Waals surface area (Å²) in [4.78, 5) is 10.2. The summed E-state index contributed by atoms with van der Waals surface area (Å²) in [7, 11) is 0. The van der Waals surface area contributed by atoms with Crippen molar-refractivity contribution in [2.75, 3.05) is 19.7 Å². The van der Waals surface area contributed by atoms with E-state index in [-0.39, 0.29) is 12.5 Å². The molecule has 4 nitrogen and oxygen atoms in total. The van der Waals surface area contributed by atoms with Crippen LogP contribution in [0.15, 0.2) is 0 Å². The van der Waals surface area contributed by atoms with Crippen molar-refractivity contribution < 1.29 is 14.6 Å². The van der Waals surface area contributed by atoms with E-state index in [9.17, 15) is 4.79 Å². The lowest BCUT2D eigenvalue weighted by molar-refractivity contribution is -0.138. The lowest BCUT2D eigenvalue weighted by Crippen LogP contribution is -2.38. The number of morpholine rings is 1. The first kappa shape index (κ1) is 8.49. The Labute approximate surface area is 65.5 Å². The van der Waals surface area contributed by atoms with E-state index in [2.05, 4.69) is 5.32 Å². The highest BCUT2D eigenvalue weighted by Crippen LogP contribution is 2.03. The number of carboxylic acids is 1. The monoisotopic (exact) mass is 159 g/mol. The van der Waals surface area contributed by atoms with E-state index in [1.165, 1.54) is 0 Å². The summed E-state index contributed by atoms with van der Waals surface area (Å²) in [6.45, 7) is 2.36. The van der Waals surface area contributed by atoms with Crippen LogP contribution in [0, 0.1) is 0 Å². The van der Waals surface area contributed by atoms with Gasteiger partial charge >= 0.3 is 5.97 Å². The zero-order valence-electron chi connectivity index (χ0n) is 6.38. The number of ether oxygens (including phenoxy) is 1. The summed E-state index contributed by atoms with van der Waals surface area (Å²) >= 11 is 0. The number of rotatable bonds is 3. The van der Waals surface area contributed by atoms with Gasteiger partial charge in [0.1, 0.15) is 0 Å². The number of carbonyl (C=O) groups is 1. The maximum atomic E-state index is 10.2. The van der Waals surface area contributed by atoms with E-state index in [0.29, 0.717) is 13.0 Å². The molecule has 1 aliphatic heterocycles. The Balaban J connectivity index is 2.09. The predicted octanol–water partition coefficient (Wildman–Crippen LogP) is -0.160. The van der Waals surface area contributed by atoms with Crippen molar-refractivity contribution in [3.63, 3.8) is 0 Å². The van der Waals surface area contributed by atoms with Crippen LogP contribution in [0.3, 0.4) is 0 Å². The lowest BCUT2D eigenvalue weighted by Gasteiger charge is -2.22. The molecule has 0 aromatic rings. The van der Waals surface area contributed by atoms with Crippen LogP contribution in [-0.2, 0) is 9.53 Å². The second-order valence-corrected chi connectivity index (χ2v) is 2.63. The smallest absolute Gasteiger partial charge is 0.303 e. The summed E-state index contributed by atoms with van der Waals surface area (Å²) in [5.74, 6) is -0.751. The summed E-state index contributed by atoms with van der Waals surface area (Å²) in [5, 5.41) is 11.5. The van der Waals surface area contributed by atoms with Gasteiger partial charge in [-0.2, -0.15) is 0 Å². The Bertz CT molecular complexity index is 132. The minimum Gasteiger partial charge on any atom is -0.481 e. The molecule has 0 bridgehead atoms. The van der Waals surface area contributed by atoms with Crippen molar-refractivity contribution in [2.45, 2.75) is 18.9 Å². The molecular weight excluding hydrogens is 146 g/mol. The Morgan fingerprint density at radius 3 is 3.09 bits per heavy atom. The minimum atomic E-state index is -0.751. The fourth-order valence-corrected chi connectivity index (χ4v) is 1.09. The zero-order chi connectivity index (χ0) is 8.10. The molecule has 64 valence electrons. The van der Waals surface area contributed by atoms with Gasteiger partial charge in [-0.05, 0) is 6.42 Å². The van der Waals surface area contributed by atoms with Gasteiger partial charge in [0.25, 0.3) is 0 Å². The van der Waals surface area contributed by atoms with Crippen LogP contribution in [0.25, 0.3) is 0 Å². The molecule has 2 N–H and O–H groups in total. The normalized spacial score (nSPS) is 24.9. The van der Waals surface area contributed by atoms with Crippen molar-refractivity contribution in [3.8, 4) is 0 Å². The highest BCUT2D eigenvalue weighted by molar-refractivity contribution is 5.66. The predicted molar refractivity (Wildman–Crippen MR) is 39.5 cm³/mol. The molecular formula is C7H13NO3. The van der Waals surface area contributed by atoms with E-state index >= 15 is 0 Å². The van der Waals surface area contributed by atoms with Gasteiger partial charge in [-0.3, -0.25) is 4.79 Å². The molecule has 4 heteroatoms. The highest BCUT2D eigenvalue weighted by atomic mass is 16.5. The van der Waals surface area contributed by atoms with Crippen molar-refractivity contribution >= 4 is 5.97 Å². The molecule has 1 saturated heterocycles. The molecule has 0 spiro atoms. The first-order valence-electron chi connectivity index (χ1n) is 3.83. The molecule has 0 radical (unpaired) electrons. The molecule has 1 fully saturated rings. The summed E-state index contributed by atoms with van der Waals surface area (Å²) in [6, 6.07) is 0. The molecule has 0 unspecified atom stereocenters. The maximum Gasteiger partial charge on any atom is 0.303 e. The third-order valence-electron chi connectivity index (χ3n) is 1.68. The number of nitrogens with one attached hydrogen (secondary N) is 1. The average molecular weight is 159 g/mol. The minimum absolute atomic E-state index is 0.0971. The van der Waals surface area contributed by atoms with Crippen LogP contribution in [0.5, 0.6) is 0 Å². The van der Waals surface area contributed by atoms with Gasteiger partial charge in [0.2, 0.25) is 0 Å². The average Bonchev–Trinajstić information content (AvgIpc) is 2.03. The second kappa shape index (κ2) is 4.31. The molecule has 0 amide bonds. The van der Waals surface area contributed by atoms with Gasteiger partial charge in [-0.15, -0.1) is 0 Å². The number of hydrogen-bond acceptors (Lipinski definition) is 3. The molecule has 11 heavy (non-hydrogen) atoms. The number of aliphatic carboxylic acids is 1. The van der Waals surface area contributed by atoms with Crippen LogP contribution in [0.4, 0.5) is 0 Å². The lowest BCUT2D eigenvalue weighted by atomic mass is 10.2. The van der Waals surface area contributed by atoms with E-state index in [1.54, 1.807) is 0 Å². The molecule has 1 aliphatic rings. The van der Waals surface area contributed by atoms with E-state index < -0.39 is 5.97 Å². The van der Waals surface area contributed by atoms with Gasteiger partial charge < -0.3 is 15.2 Å². The largest absolute Gasteiger partial charge is 0.481 e. The van der Waals surface area contributed by atoms with E-state index in [0.717, 1.165) is 13.1 Å². The zero-order valence-corrected chi connectivity index (χ0v) is 6.38. The van der Waals surface area contributed by atoms with Gasteiger partial charge in [0, 0.05) is 19.5 Å².